The van der Waals surface area contributed by atoms with Crippen LogP contribution < -0.4 is 5.32 Å². The van der Waals surface area contributed by atoms with Crippen molar-refractivity contribution in [1.29, 1.82) is 0 Å². The van der Waals surface area contributed by atoms with Gasteiger partial charge in [0.2, 0.25) is 10.0 Å². The van der Waals surface area contributed by atoms with Crippen LogP contribution in [0.1, 0.15) is 51.4 Å². The van der Waals surface area contributed by atoms with Crippen LogP contribution in [0.25, 0.3) is 0 Å². The molecule has 1 atom stereocenters. The van der Waals surface area contributed by atoms with E-state index in [1.54, 1.807) is 4.31 Å². The Balaban J connectivity index is 1.51. The van der Waals surface area contributed by atoms with E-state index < -0.39 is 10.0 Å². The van der Waals surface area contributed by atoms with E-state index in [9.17, 15) is 8.42 Å². The first-order chi connectivity index (χ1) is 9.65. The third kappa shape index (κ3) is 3.37. The van der Waals surface area contributed by atoms with Crippen LogP contribution >= 0.6 is 0 Å². The predicted molar refractivity (Wildman–Crippen MR) is 81.1 cm³/mol. The van der Waals surface area contributed by atoms with Crippen LogP contribution in [-0.2, 0) is 10.0 Å². The van der Waals surface area contributed by atoms with Gasteiger partial charge in [-0.1, -0.05) is 12.8 Å². The predicted octanol–water partition coefficient (Wildman–Crippen LogP) is 1.97. The molecule has 0 radical (unpaired) electrons. The number of rotatable bonds is 4. The first-order valence-electron chi connectivity index (χ1n) is 8.36. The Hall–Kier alpha value is -0.130. The van der Waals surface area contributed by atoms with Crippen molar-refractivity contribution in [3.8, 4) is 0 Å². The standard InChI is InChI=1S/C15H28N2O2S/c18-20(19,12-13-4-1-2-5-13)17-10-7-14(8-11-17)15-6-3-9-16-15/h13-16H,1-12H2. The van der Waals surface area contributed by atoms with Gasteiger partial charge in [0, 0.05) is 19.1 Å². The Morgan fingerprint density at radius 3 is 2.25 bits per heavy atom. The number of nitrogens with one attached hydrogen (secondary N) is 1. The fraction of sp³-hybridized carbons (Fsp3) is 1.00. The number of hydrogen-bond donors (Lipinski definition) is 1. The summed E-state index contributed by atoms with van der Waals surface area (Å²) in [4.78, 5) is 0. The molecule has 20 heavy (non-hydrogen) atoms. The van der Waals surface area contributed by atoms with Gasteiger partial charge in [0.05, 0.1) is 5.75 Å². The van der Waals surface area contributed by atoms with Gasteiger partial charge in [-0.25, -0.2) is 12.7 Å². The molecule has 0 aromatic rings. The Morgan fingerprint density at radius 2 is 1.65 bits per heavy atom. The van der Waals surface area contributed by atoms with Crippen molar-refractivity contribution in [2.45, 2.75) is 57.4 Å². The molecule has 4 nitrogen and oxygen atoms in total. The summed E-state index contributed by atoms with van der Waals surface area (Å²) in [5.74, 6) is 1.52. The molecule has 0 amide bonds. The topological polar surface area (TPSA) is 49.4 Å². The molecule has 0 bridgehead atoms. The maximum absolute atomic E-state index is 12.5. The molecule has 2 heterocycles. The van der Waals surface area contributed by atoms with Crippen LogP contribution in [0.15, 0.2) is 0 Å². The lowest BCUT2D eigenvalue weighted by Gasteiger charge is -2.34. The molecule has 116 valence electrons. The van der Waals surface area contributed by atoms with Crippen molar-refractivity contribution >= 4 is 10.0 Å². The fourth-order valence-corrected chi connectivity index (χ4v) is 6.16. The second-order valence-electron chi connectivity index (χ2n) is 6.87. The second-order valence-corrected chi connectivity index (χ2v) is 8.88. The summed E-state index contributed by atoms with van der Waals surface area (Å²) in [5.41, 5.74) is 0. The number of piperidine rings is 1. The highest BCUT2D eigenvalue weighted by Crippen LogP contribution is 2.30. The van der Waals surface area contributed by atoms with Gasteiger partial charge in [0.15, 0.2) is 0 Å². The van der Waals surface area contributed by atoms with Crippen LogP contribution in [0.4, 0.5) is 0 Å². The molecule has 0 spiro atoms. The average Bonchev–Trinajstić information content (AvgIpc) is 3.11. The van der Waals surface area contributed by atoms with Crippen molar-refractivity contribution in [3.63, 3.8) is 0 Å². The first kappa shape index (κ1) is 14.8. The van der Waals surface area contributed by atoms with E-state index in [1.807, 2.05) is 0 Å². The minimum atomic E-state index is -3.00. The summed E-state index contributed by atoms with van der Waals surface area (Å²) in [6, 6.07) is 0.648. The van der Waals surface area contributed by atoms with Gasteiger partial charge in [-0.3, -0.25) is 0 Å². The molecule has 2 aliphatic heterocycles. The summed E-state index contributed by atoms with van der Waals surface area (Å²) < 4.78 is 26.7. The van der Waals surface area contributed by atoms with E-state index in [0.717, 1.165) is 45.3 Å². The monoisotopic (exact) mass is 300 g/mol. The molecule has 1 aliphatic carbocycles. The largest absolute Gasteiger partial charge is 0.314 e. The summed E-state index contributed by atoms with van der Waals surface area (Å²) in [6.07, 6.45) is 9.31. The van der Waals surface area contributed by atoms with E-state index >= 15 is 0 Å². The molecule has 0 aromatic heterocycles. The fourth-order valence-electron chi connectivity index (χ4n) is 4.25. The lowest BCUT2D eigenvalue weighted by Crippen LogP contribution is -2.44. The lowest BCUT2D eigenvalue weighted by atomic mass is 9.89. The van der Waals surface area contributed by atoms with Crippen molar-refractivity contribution in [1.82, 2.24) is 9.62 Å². The Morgan fingerprint density at radius 1 is 0.950 bits per heavy atom. The van der Waals surface area contributed by atoms with E-state index in [2.05, 4.69) is 5.32 Å². The Kier molecular flexibility index (Phi) is 4.68. The Labute approximate surface area is 123 Å². The van der Waals surface area contributed by atoms with Gasteiger partial charge < -0.3 is 5.32 Å². The van der Waals surface area contributed by atoms with Gasteiger partial charge >= 0.3 is 0 Å². The lowest BCUT2D eigenvalue weighted by molar-refractivity contribution is 0.233. The van der Waals surface area contributed by atoms with Crippen molar-refractivity contribution in [2.24, 2.45) is 11.8 Å². The summed E-state index contributed by atoms with van der Waals surface area (Å²) in [7, 11) is -3.00. The third-order valence-electron chi connectivity index (χ3n) is 5.48. The molecule has 2 saturated heterocycles. The molecule has 1 N–H and O–H groups in total. The molecular weight excluding hydrogens is 272 g/mol. The summed E-state index contributed by atoms with van der Waals surface area (Å²) >= 11 is 0. The molecule has 1 unspecified atom stereocenters. The minimum absolute atomic E-state index is 0.402. The molecule has 3 aliphatic rings. The average molecular weight is 300 g/mol. The molecular formula is C15H28N2O2S. The minimum Gasteiger partial charge on any atom is -0.314 e. The van der Waals surface area contributed by atoms with Crippen LogP contribution in [0.2, 0.25) is 0 Å². The zero-order valence-electron chi connectivity index (χ0n) is 12.4. The van der Waals surface area contributed by atoms with Crippen LogP contribution in [0, 0.1) is 11.8 Å². The highest BCUT2D eigenvalue weighted by molar-refractivity contribution is 7.89. The van der Waals surface area contributed by atoms with Crippen molar-refractivity contribution < 1.29 is 8.42 Å². The maximum atomic E-state index is 12.5. The van der Waals surface area contributed by atoms with E-state index in [-0.39, 0.29) is 0 Å². The van der Waals surface area contributed by atoms with Gasteiger partial charge in [0.25, 0.3) is 0 Å². The Bertz CT molecular complexity index is 404. The quantitative estimate of drug-likeness (QED) is 0.863. The first-order valence-corrected chi connectivity index (χ1v) is 9.97. The van der Waals surface area contributed by atoms with Crippen LogP contribution in [0.5, 0.6) is 0 Å². The van der Waals surface area contributed by atoms with E-state index in [4.69, 9.17) is 0 Å². The van der Waals surface area contributed by atoms with Gasteiger partial charge in [-0.05, 0) is 56.9 Å². The normalized spacial score (nSPS) is 31.1. The van der Waals surface area contributed by atoms with Crippen LogP contribution in [-0.4, -0.2) is 44.2 Å². The highest BCUT2D eigenvalue weighted by Gasteiger charge is 2.34. The SMILES string of the molecule is O=S(=O)(CC1CCCC1)N1CCC(C2CCCN2)CC1. The summed E-state index contributed by atoms with van der Waals surface area (Å²) in [6.45, 7) is 2.64. The highest BCUT2D eigenvalue weighted by atomic mass is 32.2. The molecule has 1 saturated carbocycles. The number of hydrogen-bond acceptors (Lipinski definition) is 3. The third-order valence-corrected chi connectivity index (χ3v) is 7.53. The maximum Gasteiger partial charge on any atom is 0.214 e. The zero-order chi connectivity index (χ0) is 14.0. The van der Waals surface area contributed by atoms with Gasteiger partial charge in [-0.15, -0.1) is 0 Å². The molecule has 5 heteroatoms. The van der Waals surface area contributed by atoms with Gasteiger partial charge in [-0.2, -0.15) is 0 Å². The van der Waals surface area contributed by atoms with Crippen molar-refractivity contribution in [2.75, 3.05) is 25.4 Å². The number of nitrogens with zero attached hydrogens (tertiary/aromatic N) is 1. The van der Waals surface area contributed by atoms with Crippen LogP contribution in [0.3, 0.4) is 0 Å². The summed E-state index contributed by atoms with van der Waals surface area (Å²) in [5, 5.41) is 3.57. The molecule has 3 fully saturated rings. The number of sulfonamides is 1. The molecule has 0 aromatic carbocycles. The smallest absolute Gasteiger partial charge is 0.214 e. The van der Waals surface area contributed by atoms with E-state index in [0.29, 0.717) is 23.6 Å². The molecule has 3 rings (SSSR count). The van der Waals surface area contributed by atoms with Crippen molar-refractivity contribution in [3.05, 3.63) is 0 Å². The van der Waals surface area contributed by atoms with E-state index in [1.165, 1.54) is 25.7 Å². The van der Waals surface area contributed by atoms with Gasteiger partial charge in [0.1, 0.15) is 0 Å². The zero-order valence-corrected chi connectivity index (χ0v) is 13.2. The second kappa shape index (κ2) is 6.32.